The van der Waals surface area contributed by atoms with Crippen molar-refractivity contribution < 1.29 is 4.79 Å². The molecule has 0 spiro atoms. The van der Waals surface area contributed by atoms with Crippen molar-refractivity contribution >= 4 is 6.41 Å². The highest BCUT2D eigenvalue weighted by Crippen LogP contribution is 2.02. The number of rotatable bonds is 1. The van der Waals surface area contributed by atoms with E-state index in [-0.39, 0.29) is 6.41 Å². The molecule has 12 heavy (non-hydrogen) atoms. The van der Waals surface area contributed by atoms with Gasteiger partial charge in [-0.25, -0.2) is 0 Å². The molecule has 2 N–H and O–H groups in total. The molecule has 0 atom stereocenters. The Morgan fingerprint density at radius 1 is 1.33 bits per heavy atom. The molecule has 0 aromatic heterocycles. The topological polar surface area (TPSA) is 43.1 Å². The fraction of sp³-hybridized carbons (Fsp3) is 0.300. The SMILES string of the molecule is CCc1ccc(C)cc1.NC=O. The predicted molar refractivity (Wildman–Crippen MR) is 50.8 cm³/mol. The van der Waals surface area contributed by atoms with Gasteiger partial charge in [0.05, 0.1) is 0 Å². The monoisotopic (exact) mass is 165 g/mol. The van der Waals surface area contributed by atoms with Crippen LogP contribution in [-0.2, 0) is 11.2 Å². The molecule has 0 aliphatic heterocycles. The molecule has 0 fully saturated rings. The van der Waals surface area contributed by atoms with E-state index in [4.69, 9.17) is 4.79 Å². The summed E-state index contributed by atoms with van der Waals surface area (Å²) in [5.41, 5.74) is 6.92. The number of hydrogen-bond acceptors (Lipinski definition) is 1. The first-order valence-electron chi connectivity index (χ1n) is 3.95. The van der Waals surface area contributed by atoms with Crippen molar-refractivity contribution in [3.8, 4) is 0 Å². The Balaban J connectivity index is 0.000000354. The van der Waals surface area contributed by atoms with Crippen LogP contribution in [-0.4, -0.2) is 6.41 Å². The number of hydrogen-bond donors (Lipinski definition) is 1. The summed E-state index contributed by atoms with van der Waals surface area (Å²) in [6, 6.07) is 8.66. The average Bonchev–Trinajstić information content (AvgIpc) is 2.07. The van der Waals surface area contributed by atoms with Gasteiger partial charge < -0.3 is 5.73 Å². The Labute approximate surface area is 73.4 Å². The van der Waals surface area contributed by atoms with Gasteiger partial charge in [-0.05, 0) is 18.9 Å². The minimum atomic E-state index is 0.250. The molecule has 1 rings (SSSR count). The largest absolute Gasteiger partial charge is 0.372 e. The molecule has 0 heterocycles. The van der Waals surface area contributed by atoms with Crippen molar-refractivity contribution in [1.29, 1.82) is 0 Å². The van der Waals surface area contributed by atoms with E-state index in [0.29, 0.717) is 0 Å². The third-order valence-electron chi connectivity index (χ3n) is 1.53. The molecule has 0 bridgehead atoms. The molecule has 0 radical (unpaired) electrons. The van der Waals surface area contributed by atoms with Crippen LogP contribution in [0.1, 0.15) is 18.1 Å². The van der Waals surface area contributed by atoms with Crippen LogP contribution < -0.4 is 5.73 Å². The van der Waals surface area contributed by atoms with Crippen molar-refractivity contribution in [2.45, 2.75) is 20.3 Å². The van der Waals surface area contributed by atoms with Crippen LogP contribution >= 0.6 is 0 Å². The van der Waals surface area contributed by atoms with Gasteiger partial charge in [-0.2, -0.15) is 0 Å². The van der Waals surface area contributed by atoms with Crippen molar-refractivity contribution in [3.05, 3.63) is 35.4 Å². The van der Waals surface area contributed by atoms with Crippen LogP contribution in [0.4, 0.5) is 0 Å². The summed E-state index contributed by atoms with van der Waals surface area (Å²) < 4.78 is 0. The summed E-state index contributed by atoms with van der Waals surface area (Å²) in [5, 5.41) is 0. The maximum atomic E-state index is 8.58. The first-order valence-corrected chi connectivity index (χ1v) is 3.95. The zero-order valence-electron chi connectivity index (χ0n) is 7.58. The molecule has 0 unspecified atom stereocenters. The second-order valence-electron chi connectivity index (χ2n) is 2.48. The number of nitrogens with two attached hydrogens (primary N) is 1. The molecule has 66 valence electrons. The minimum absolute atomic E-state index is 0.250. The first kappa shape index (κ1) is 10.7. The summed E-state index contributed by atoms with van der Waals surface area (Å²) >= 11 is 0. The Bertz CT molecular complexity index is 216. The molecule has 0 aliphatic carbocycles. The number of benzene rings is 1. The molecule has 1 aromatic rings. The standard InChI is InChI=1S/C9H12.CH3NO/c1-3-9-6-4-8(2)5-7-9;2-1-3/h4-7H,3H2,1-2H3;1H,(H2,2,3). The highest BCUT2D eigenvalue weighted by atomic mass is 16.1. The number of primary amides is 1. The van der Waals surface area contributed by atoms with E-state index >= 15 is 0 Å². The van der Waals surface area contributed by atoms with E-state index in [1.54, 1.807) is 0 Å². The van der Waals surface area contributed by atoms with Crippen LogP contribution in [0.3, 0.4) is 0 Å². The van der Waals surface area contributed by atoms with Crippen molar-refractivity contribution in [3.63, 3.8) is 0 Å². The highest BCUT2D eigenvalue weighted by Gasteiger charge is 1.84. The van der Waals surface area contributed by atoms with E-state index in [2.05, 4.69) is 43.8 Å². The summed E-state index contributed by atoms with van der Waals surface area (Å²) in [4.78, 5) is 8.58. The third kappa shape index (κ3) is 4.50. The number of aryl methyl sites for hydroxylation is 2. The molecule has 1 amide bonds. The Morgan fingerprint density at radius 3 is 2.08 bits per heavy atom. The third-order valence-corrected chi connectivity index (χ3v) is 1.53. The van der Waals surface area contributed by atoms with E-state index in [0.717, 1.165) is 6.42 Å². The fourth-order valence-electron chi connectivity index (χ4n) is 0.824. The predicted octanol–water partition coefficient (Wildman–Crippen LogP) is 1.66. The average molecular weight is 165 g/mol. The van der Waals surface area contributed by atoms with Gasteiger partial charge in [-0.3, -0.25) is 4.79 Å². The lowest BCUT2D eigenvalue weighted by Crippen LogP contribution is -1.82. The van der Waals surface area contributed by atoms with Gasteiger partial charge in [-0.15, -0.1) is 0 Å². The fourth-order valence-corrected chi connectivity index (χ4v) is 0.824. The van der Waals surface area contributed by atoms with Gasteiger partial charge in [0, 0.05) is 0 Å². The van der Waals surface area contributed by atoms with Crippen LogP contribution in [0.25, 0.3) is 0 Å². The zero-order valence-corrected chi connectivity index (χ0v) is 7.58. The second kappa shape index (κ2) is 6.40. The van der Waals surface area contributed by atoms with E-state index in [1.807, 2.05) is 0 Å². The number of carbonyl (C=O) groups is 1. The van der Waals surface area contributed by atoms with Gasteiger partial charge >= 0.3 is 0 Å². The van der Waals surface area contributed by atoms with Crippen LogP contribution in [0, 0.1) is 6.92 Å². The van der Waals surface area contributed by atoms with Gasteiger partial charge in [0.1, 0.15) is 0 Å². The van der Waals surface area contributed by atoms with Gasteiger partial charge in [0.25, 0.3) is 0 Å². The zero-order chi connectivity index (χ0) is 9.40. The quantitative estimate of drug-likeness (QED) is 0.632. The highest BCUT2D eigenvalue weighted by molar-refractivity contribution is 5.42. The molecule has 0 aliphatic rings. The lowest BCUT2D eigenvalue weighted by Gasteiger charge is -1.94. The van der Waals surface area contributed by atoms with Gasteiger partial charge in [0.15, 0.2) is 0 Å². The molecule has 0 saturated heterocycles. The van der Waals surface area contributed by atoms with Gasteiger partial charge in [0.2, 0.25) is 6.41 Å². The van der Waals surface area contributed by atoms with Crippen molar-refractivity contribution in [2.75, 3.05) is 0 Å². The second-order valence-corrected chi connectivity index (χ2v) is 2.48. The maximum absolute atomic E-state index is 8.58. The Morgan fingerprint density at radius 2 is 1.75 bits per heavy atom. The van der Waals surface area contributed by atoms with Gasteiger partial charge in [-0.1, -0.05) is 36.8 Å². The molecular formula is C10H15NO. The summed E-state index contributed by atoms with van der Waals surface area (Å²) in [5.74, 6) is 0. The lowest BCUT2D eigenvalue weighted by atomic mass is 10.1. The van der Waals surface area contributed by atoms with E-state index < -0.39 is 0 Å². The lowest BCUT2D eigenvalue weighted by molar-refractivity contribution is -0.106. The molecular weight excluding hydrogens is 150 g/mol. The van der Waals surface area contributed by atoms with Crippen molar-refractivity contribution in [1.82, 2.24) is 0 Å². The summed E-state index contributed by atoms with van der Waals surface area (Å²) in [7, 11) is 0. The molecule has 2 heteroatoms. The number of amides is 1. The molecule has 1 aromatic carbocycles. The number of carbonyl (C=O) groups excluding carboxylic acids is 1. The van der Waals surface area contributed by atoms with Crippen LogP contribution in [0.5, 0.6) is 0 Å². The first-order chi connectivity index (χ1) is 5.74. The summed E-state index contributed by atoms with van der Waals surface area (Å²) in [6.45, 7) is 4.28. The Hall–Kier alpha value is -1.31. The molecule has 2 nitrogen and oxygen atoms in total. The van der Waals surface area contributed by atoms with Crippen LogP contribution in [0.15, 0.2) is 24.3 Å². The minimum Gasteiger partial charge on any atom is -0.372 e. The van der Waals surface area contributed by atoms with Crippen LogP contribution in [0.2, 0.25) is 0 Å². The normalized spacial score (nSPS) is 8.17. The molecule has 0 saturated carbocycles. The maximum Gasteiger partial charge on any atom is 0.204 e. The van der Waals surface area contributed by atoms with E-state index in [9.17, 15) is 0 Å². The summed E-state index contributed by atoms with van der Waals surface area (Å²) in [6.07, 6.45) is 1.39. The smallest absolute Gasteiger partial charge is 0.204 e. The van der Waals surface area contributed by atoms with Crippen molar-refractivity contribution in [2.24, 2.45) is 5.73 Å². The van der Waals surface area contributed by atoms with E-state index in [1.165, 1.54) is 11.1 Å². The Kier molecular flexibility index (Phi) is 5.70.